The maximum atomic E-state index is 3.67. The number of imidazole rings is 1. The molecule has 12 heavy (non-hydrogen) atoms. The minimum atomic E-state index is 0.875. The fourth-order valence-corrected chi connectivity index (χ4v) is 1.16. The SMILES string of the molecule is CC(C)CC(C)C.c1c[nH]cn1. The van der Waals surface area contributed by atoms with Gasteiger partial charge in [-0.1, -0.05) is 27.7 Å². The van der Waals surface area contributed by atoms with Crippen LogP contribution in [0.2, 0.25) is 0 Å². The zero-order valence-electron chi connectivity index (χ0n) is 8.54. The van der Waals surface area contributed by atoms with Crippen LogP contribution in [0, 0.1) is 11.8 Å². The minimum absolute atomic E-state index is 0.875. The molecule has 0 fully saturated rings. The Hall–Kier alpha value is -0.790. The molecule has 0 amide bonds. The highest BCUT2D eigenvalue weighted by Crippen LogP contribution is 2.08. The predicted octanol–water partition coefficient (Wildman–Crippen LogP) is 3.10. The molecule has 0 saturated carbocycles. The van der Waals surface area contributed by atoms with Crippen LogP contribution in [-0.2, 0) is 0 Å². The average molecular weight is 168 g/mol. The number of hydrogen-bond donors (Lipinski definition) is 1. The van der Waals surface area contributed by atoms with Crippen molar-refractivity contribution in [3.05, 3.63) is 18.7 Å². The molecule has 0 saturated heterocycles. The first-order chi connectivity index (χ1) is 5.63. The van der Waals surface area contributed by atoms with Gasteiger partial charge in [0, 0.05) is 12.4 Å². The molecule has 70 valence electrons. The highest BCUT2D eigenvalue weighted by molar-refractivity contribution is 4.64. The lowest BCUT2D eigenvalue weighted by Gasteiger charge is -2.05. The summed E-state index contributed by atoms with van der Waals surface area (Å²) in [6.45, 7) is 9.06. The Morgan fingerprint density at radius 1 is 1.17 bits per heavy atom. The van der Waals surface area contributed by atoms with Crippen molar-refractivity contribution in [1.82, 2.24) is 9.97 Å². The molecule has 0 aromatic carbocycles. The van der Waals surface area contributed by atoms with Crippen molar-refractivity contribution < 1.29 is 0 Å². The van der Waals surface area contributed by atoms with Gasteiger partial charge in [-0.3, -0.25) is 0 Å². The molecule has 2 heteroatoms. The standard InChI is InChI=1S/C7H16.C3H4N2/c1-6(2)5-7(3)4;1-2-5-3-4-1/h6-7H,5H2,1-4H3;1-3H,(H,4,5). The molecule has 0 atom stereocenters. The van der Waals surface area contributed by atoms with E-state index in [1.807, 2.05) is 0 Å². The van der Waals surface area contributed by atoms with Gasteiger partial charge in [0.2, 0.25) is 0 Å². The van der Waals surface area contributed by atoms with Gasteiger partial charge in [0.25, 0.3) is 0 Å². The van der Waals surface area contributed by atoms with E-state index in [2.05, 4.69) is 37.7 Å². The van der Waals surface area contributed by atoms with Crippen molar-refractivity contribution in [3.8, 4) is 0 Å². The lowest BCUT2D eigenvalue weighted by molar-refractivity contribution is 0.469. The predicted molar refractivity (Wildman–Crippen MR) is 52.9 cm³/mol. The zero-order chi connectivity index (χ0) is 9.40. The molecule has 0 aliphatic carbocycles. The van der Waals surface area contributed by atoms with E-state index in [-0.39, 0.29) is 0 Å². The number of nitrogens with zero attached hydrogens (tertiary/aromatic N) is 1. The second kappa shape index (κ2) is 6.89. The second-order valence-corrected chi connectivity index (χ2v) is 3.78. The molecule has 1 aromatic rings. The largest absolute Gasteiger partial charge is 0.351 e. The van der Waals surface area contributed by atoms with Crippen molar-refractivity contribution in [1.29, 1.82) is 0 Å². The third kappa shape index (κ3) is 9.21. The van der Waals surface area contributed by atoms with E-state index in [4.69, 9.17) is 0 Å². The molecule has 2 nitrogen and oxygen atoms in total. The number of aromatic nitrogens is 2. The minimum Gasteiger partial charge on any atom is -0.351 e. The topological polar surface area (TPSA) is 28.7 Å². The number of nitrogens with one attached hydrogen (secondary N) is 1. The normalized spacial score (nSPS) is 9.83. The Morgan fingerprint density at radius 2 is 1.75 bits per heavy atom. The molecule has 1 aromatic heterocycles. The van der Waals surface area contributed by atoms with E-state index in [1.54, 1.807) is 18.7 Å². The molecule has 0 aliphatic heterocycles. The van der Waals surface area contributed by atoms with Crippen LogP contribution in [0.3, 0.4) is 0 Å². The van der Waals surface area contributed by atoms with E-state index >= 15 is 0 Å². The van der Waals surface area contributed by atoms with Gasteiger partial charge in [-0.05, 0) is 18.3 Å². The summed E-state index contributed by atoms with van der Waals surface area (Å²) >= 11 is 0. The van der Waals surface area contributed by atoms with Crippen molar-refractivity contribution in [2.75, 3.05) is 0 Å². The van der Waals surface area contributed by atoms with Gasteiger partial charge in [0.05, 0.1) is 6.33 Å². The van der Waals surface area contributed by atoms with Gasteiger partial charge in [-0.15, -0.1) is 0 Å². The Bertz CT molecular complexity index is 131. The fraction of sp³-hybridized carbons (Fsp3) is 0.700. The van der Waals surface area contributed by atoms with Crippen molar-refractivity contribution in [2.24, 2.45) is 11.8 Å². The van der Waals surface area contributed by atoms with E-state index < -0.39 is 0 Å². The summed E-state index contributed by atoms with van der Waals surface area (Å²) in [7, 11) is 0. The summed E-state index contributed by atoms with van der Waals surface area (Å²) in [5.74, 6) is 1.75. The molecule has 0 spiro atoms. The van der Waals surface area contributed by atoms with Gasteiger partial charge in [0.1, 0.15) is 0 Å². The highest BCUT2D eigenvalue weighted by Gasteiger charge is 1.95. The summed E-state index contributed by atoms with van der Waals surface area (Å²) in [4.78, 5) is 6.42. The highest BCUT2D eigenvalue weighted by atomic mass is 14.8. The van der Waals surface area contributed by atoms with E-state index in [9.17, 15) is 0 Å². The molecule has 1 N–H and O–H groups in total. The van der Waals surface area contributed by atoms with Crippen LogP contribution in [0.5, 0.6) is 0 Å². The molecule has 0 bridgehead atoms. The van der Waals surface area contributed by atoms with Crippen LogP contribution in [0.25, 0.3) is 0 Å². The monoisotopic (exact) mass is 168 g/mol. The van der Waals surface area contributed by atoms with Crippen LogP contribution in [0.15, 0.2) is 18.7 Å². The van der Waals surface area contributed by atoms with Gasteiger partial charge in [-0.25, -0.2) is 4.98 Å². The first-order valence-electron chi connectivity index (χ1n) is 4.55. The summed E-state index contributed by atoms with van der Waals surface area (Å²) in [6.07, 6.45) is 6.44. The van der Waals surface area contributed by atoms with Crippen LogP contribution in [-0.4, -0.2) is 9.97 Å². The van der Waals surface area contributed by atoms with Crippen LogP contribution >= 0.6 is 0 Å². The third-order valence-electron chi connectivity index (χ3n) is 1.35. The lowest BCUT2D eigenvalue weighted by Crippen LogP contribution is -1.93. The third-order valence-corrected chi connectivity index (χ3v) is 1.35. The average Bonchev–Trinajstić information content (AvgIpc) is 2.36. The molecule has 0 unspecified atom stereocenters. The number of aromatic amines is 1. The summed E-state index contributed by atoms with van der Waals surface area (Å²) < 4.78 is 0. The van der Waals surface area contributed by atoms with Gasteiger partial charge in [-0.2, -0.15) is 0 Å². The summed E-state index contributed by atoms with van der Waals surface area (Å²) in [6, 6.07) is 0. The molecule has 0 aliphatic rings. The molecule has 1 rings (SSSR count). The lowest BCUT2D eigenvalue weighted by atomic mass is 10.0. The number of hydrogen-bond acceptors (Lipinski definition) is 1. The number of H-pyrrole nitrogens is 1. The molecular formula is C10H20N2. The van der Waals surface area contributed by atoms with E-state index in [1.165, 1.54) is 6.42 Å². The van der Waals surface area contributed by atoms with Crippen molar-refractivity contribution in [3.63, 3.8) is 0 Å². The zero-order valence-corrected chi connectivity index (χ0v) is 8.54. The maximum Gasteiger partial charge on any atom is 0.0919 e. The van der Waals surface area contributed by atoms with Crippen LogP contribution < -0.4 is 0 Å². The van der Waals surface area contributed by atoms with Crippen molar-refractivity contribution in [2.45, 2.75) is 34.1 Å². The second-order valence-electron chi connectivity index (χ2n) is 3.78. The van der Waals surface area contributed by atoms with Crippen LogP contribution in [0.1, 0.15) is 34.1 Å². The Balaban J connectivity index is 0.000000211. The quantitative estimate of drug-likeness (QED) is 0.722. The van der Waals surface area contributed by atoms with Gasteiger partial charge >= 0.3 is 0 Å². The smallest absolute Gasteiger partial charge is 0.0919 e. The summed E-state index contributed by atoms with van der Waals surface area (Å²) in [5, 5.41) is 0. The fourth-order valence-electron chi connectivity index (χ4n) is 1.16. The Labute approximate surface area is 75.4 Å². The first kappa shape index (κ1) is 11.2. The Morgan fingerprint density at radius 3 is 1.83 bits per heavy atom. The van der Waals surface area contributed by atoms with Crippen LogP contribution in [0.4, 0.5) is 0 Å². The maximum absolute atomic E-state index is 3.67. The molecule has 0 radical (unpaired) electrons. The van der Waals surface area contributed by atoms with E-state index in [0.29, 0.717) is 0 Å². The molecule has 1 heterocycles. The summed E-state index contributed by atoms with van der Waals surface area (Å²) in [5.41, 5.74) is 0. The van der Waals surface area contributed by atoms with Crippen molar-refractivity contribution >= 4 is 0 Å². The number of rotatable bonds is 2. The molecular weight excluding hydrogens is 148 g/mol. The van der Waals surface area contributed by atoms with Gasteiger partial charge < -0.3 is 4.98 Å². The Kier molecular flexibility index (Phi) is 6.44. The first-order valence-corrected chi connectivity index (χ1v) is 4.55. The van der Waals surface area contributed by atoms with E-state index in [0.717, 1.165) is 11.8 Å². The van der Waals surface area contributed by atoms with Gasteiger partial charge in [0.15, 0.2) is 0 Å².